The van der Waals surface area contributed by atoms with Gasteiger partial charge in [0.1, 0.15) is 11.6 Å². The Labute approximate surface area is 138 Å². The third kappa shape index (κ3) is 4.58. The molecule has 0 radical (unpaired) electrons. The van der Waals surface area contributed by atoms with Crippen molar-refractivity contribution in [3.8, 4) is 0 Å². The molecule has 0 aromatic heterocycles. The summed E-state index contributed by atoms with van der Waals surface area (Å²) in [5.41, 5.74) is -1.35. The first-order valence-corrected chi connectivity index (χ1v) is 6.90. The maximum atomic E-state index is 13.4. The molecule has 2 aromatic carbocycles. The Bertz CT molecular complexity index is 764. The molecular weight excluding hydrogens is 355 g/mol. The van der Waals surface area contributed by atoms with E-state index >= 15 is 0 Å². The summed E-state index contributed by atoms with van der Waals surface area (Å²) in [6.07, 6.45) is -4.67. The van der Waals surface area contributed by atoms with Crippen molar-refractivity contribution in [2.45, 2.75) is 12.7 Å². The molecular formula is C15H10ClF5N2O. The van der Waals surface area contributed by atoms with Crippen molar-refractivity contribution >= 4 is 23.3 Å². The highest BCUT2D eigenvalue weighted by atomic mass is 35.5. The van der Waals surface area contributed by atoms with Gasteiger partial charge in [-0.15, -0.1) is 0 Å². The van der Waals surface area contributed by atoms with E-state index in [0.717, 1.165) is 24.3 Å². The molecule has 0 unspecified atom stereocenters. The van der Waals surface area contributed by atoms with Gasteiger partial charge >= 0.3 is 12.2 Å². The van der Waals surface area contributed by atoms with Crippen molar-refractivity contribution in [2.75, 3.05) is 5.32 Å². The molecule has 2 N–H and O–H groups in total. The Kier molecular flexibility index (Phi) is 5.28. The summed E-state index contributed by atoms with van der Waals surface area (Å²) in [5.74, 6) is -1.40. The summed E-state index contributed by atoms with van der Waals surface area (Å²) in [4.78, 5) is 11.7. The Morgan fingerprint density at radius 1 is 1.08 bits per heavy atom. The van der Waals surface area contributed by atoms with Gasteiger partial charge in [0.15, 0.2) is 0 Å². The summed E-state index contributed by atoms with van der Waals surface area (Å²) < 4.78 is 64.6. The molecule has 0 bridgehead atoms. The zero-order chi connectivity index (χ0) is 17.9. The van der Waals surface area contributed by atoms with Gasteiger partial charge in [-0.2, -0.15) is 13.2 Å². The minimum Gasteiger partial charge on any atom is -0.334 e. The van der Waals surface area contributed by atoms with Gasteiger partial charge in [0.25, 0.3) is 0 Å². The molecule has 24 heavy (non-hydrogen) atoms. The monoisotopic (exact) mass is 364 g/mol. The molecule has 0 spiro atoms. The summed E-state index contributed by atoms with van der Waals surface area (Å²) in [5, 5.41) is 3.87. The van der Waals surface area contributed by atoms with Crippen molar-refractivity contribution in [1.29, 1.82) is 0 Å². The average Bonchev–Trinajstić information content (AvgIpc) is 2.49. The first-order valence-electron chi connectivity index (χ1n) is 6.52. The van der Waals surface area contributed by atoms with Gasteiger partial charge in [-0.3, -0.25) is 0 Å². The van der Waals surface area contributed by atoms with Crippen LogP contribution in [-0.4, -0.2) is 6.03 Å². The summed E-state index contributed by atoms with van der Waals surface area (Å²) in [6.45, 7) is -0.338. The lowest BCUT2D eigenvalue weighted by Crippen LogP contribution is -2.28. The standard InChI is InChI=1S/C15H10ClF5N2O/c16-12-3-2-10(6-11(12)15(19,20)21)23-14(24)22-7-8-5-9(17)1-4-13(8)18/h1-6H,7H2,(H2,22,23,24). The molecule has 0 atom stereocenters. The smallest absolute Gasteiger partial charge is 0.334 e. The van der Waals surface area contributed by atoms with E-state index < -0.39 is 34.4 Å². The molecule has 2 amide bonds. The van der Waals surface area contributed by atoms with Gasteiger partial charge in [0, 0.05) is 17.8 Å². The van der Waals surface area contributed by atoms with Crippen LogP contribution in [0, 0.1) is 11.6 Å². The lowest BCUT2D eigenvalue weighted by atomic mass is 10.2. The van der Waals surface area contributed by atoms with Gasteiger partial charge in [-0.05, 0) is 36.4 Å². The zero-order valence-electron chi connectivity index (χ0n) is 11.8. The molecule has 2 rings (SSSR count). The highest BCUT2D eigenvalue weighted by Gasteiger charge is 2.33. The number of anilines is 1. The van der Waals surface area contributed by atoms with E-state index in [1.807, 2.05) is 0 Å². The molecule has 0 saturated heterocycles. The second-order valence-electron chi connectivity index (χ2n) is 4.74. The predicted molar refractivity (Wildman–Crippen MR) is 78.7 cm³/mol. The topological polar surface area (TPSA) is 41.1 Å². The average molecular weight is 365 g/mol. The van der Waals surface area contributed by atoms with Crippen molar-refractivity contribution < 1.29 is 26.7 Å². The number of benzene rings is 2. The predicted octanol–water partition coefficient (Wildman–Crippen LogP) is 4.96. The summed E-state index contributed by atoms with van der Waals surface area (Å²) in [6, 6.07) is 4.69. The van der Waals surface area contributed by atoms with Crippen molar-refractivity contribution in [3.63, 3.8) is 0 Å². The highest BCUT2D eigenvalue weighted by molar-refractivity contribution is 6.31. The van der Waals surface area contributed by atoms with Crippen LogP contribution < -0.4 is 10.6 Å². The quantitative estimate of drug-likeness (QED) is 0.743. The third-order valence-electron chi connectivity index (χ3n) is 2.98. The molecule has 3 nitrogen and oxygen atoms in total. The number of amides is 2. The maximum absolute atomic E-state index is 13.4. The maximum Gasteiger partial charge on any atom is 0.417 e. The molecule has 0 fully saturated rings. The second kappa shape index (κ2) is 7.04. The first kappa shape index (κ1) is 18.0. The van der Waals surface area contributed by atoms with E-state index in [0.29, 0.717) is 6.07 Å². The molecule has 0 aliphatic heterocycles. The van der Waals surface area contributed by atoms with E-state index in [9.17, 15) is 26.7 Å². The van der Waals surface area contributed by atoms with Crippen LogP contribution in [-0.2, 0) is 12.7 Å². The molecule has 9 heteroatoms. The fourth-order valence-corrected chi connectivity index (χ4v) is 2.07. The highest BCUT2D eigenvalue weighted by Crippen LogP contribution is 2.36. The number of rotatable bonds is 3. The third-order valence-corrected chi connectivity index (χ3v) is 3.31. The Morgan fingerprint density at radius 2 is 1.79 bits per heavy atom. The minimum atomic E-state index is -4.67. The first-order chi connectivity index (χ1) is 11.2. The molecule has 2 aromatic rings. The number of alkyl halides is 3. The van der Waals surface area contributed by atoms with E-state index in [4.69, 9.17) is 11.6 Å². The second-order valence-corrected chi connectivity index (χ2v) is 5.14. The lowest BCUT2D eigenvalue weighted by molar-refractivity contribution is -0.137. The number of hydrogen-bond acceptors (Lipinski definition) is 1. The van der Waals surface area contributed by atoms with Crippen LogP contribution in [0.1, 0.15) is 11.1 Å². The number of nitrogens with one attached hydrogen (secondary N) is 2. The molecule has 0 aliphatic rings. The van der Waals surface area contributed by atoms with E-state index in [-0.39, 0.29) is 17.8 Å². The van der Waals surface area contributed by atoms with Gasteiger partial charge in [-0.1, -0.05) is 11.6 Å². The molecule has 0 heterocycles. The van der Waals surface area contributed by atoms with Crippen LogP contribution in [0.3, 0.4) is 0 Å². The number of halogens is 6. The van der Waals surface area contributed by atoms with Crippen LogP contribution in [0.25, 0.3) is 0 Å². The SMILES string of the molecule is O=C(NCc1cc(F)ccc1F)Nc1ccc(Cl)c(C(F)(F)F)c1. The minimum absolute atomic E-state index is 0.0998. The van der Waals surface area contributed by atoms with E-state index in [2.05, 4.69) is 10.6 Å². The number of urea groups is 1. The Hall–Kier alpha value is -2.35. The zero-order valence-corrected chi connectivity index (χ0v) is 12.6. The fraction of sp³-hybridized carbons (Fsp3) is 0.133. The van der Waals surface area contributed by atoms with E-state index in [1.54, 1.807) is 0 Å². The van der Waals surface area contributed by atoms with Gasteiger partial charge in [0.05, 0.1) is 10.6 Å². The van der Waals surface area contributed by atoms with Gasteiger partial charge in [-0.25, -0.2) is 13.6 Å². The van der Waals surface area contributed by atoms with Crippen LogP contribution in [0.15, 0.2) is 36.4 Å². The van der Waals surface area contributed by atoms with Gasteiger partial charge < -0.3 is 10.6 Å². The van der Waals surface area contributed by atoms with Crippen molar-refractivity contribution in [3.05, 3.63) is 64.2 Å². The lowest BCUT2D eigenvalue weighted by Gasteiger charge is -2.12. The molecule has 0 aliphatic carbocycles. The Balaban J connectivity index is 2.04. The fourth-order valence-electron chi connectivity index (χ4n) is 1.85. The van der Waals surface area contributed by atoms with Crippen LogP contribution in [0.4, 0.5) is 32.4 Å². The Morgan fingerprint density at radius 3 is 2.46 bits per heavy atom. The summed E-state index contributed by atoms with van der Waals surface area (Å²) in [7, 11) is 0. The van der Waals surface area contributed by atoms with Crippen molar-refractivity contribution in [2.24, 2.45) is 0 Å². The largest absolute Gasteiger partial charge is 0.417 e. The van der Waals surface area contributed by atoms with Crippen molar-refractivity contribution in [1.82, 2.24) is 5.32 Å². The van der Waals surface area contributed by atoms with Gasteiger partial charge in [0.2, 0.25) is 0 Å². The van der Waals surface area contributed by atoms with E-state index in [1.165, 1.54) is 6.07 Å². The number of hydrogen-bond donors (Lipinski definition) is 2. The number of carbonyl (C=O) groups is 1. The number of carbonyl (C=O) groups excluding carboxylic acids is 1. The normalized spacial score (nSPS) is 11.2. The van der Waals surface area contributed by atoms with Crippen LogP contribution in [0.5, 0.6) is 0 Å². The molecule has 0 saturated carbocycles. The molecule has 128 valence electrons. The van der Waals surface area contributed by atoms with Crippen LogP contribution >= 0.6 is 11.6 Å². The summed E-state index contributed by atoms with van der Waals surface area (Å²) >= 11 is 5.47. The van der Waals surface area contributed by atoms with Crippen LogP contribution in [0.2, 0.25) is 5.02 Å².